The lowest BCUT2D eigenvalue weighted by molar-refractivity contribution is -0.384. The average molecular weight is 394 g/mol. The van der Waals surface area contributed by atoms with Crippen molar-refractivity contribution in [2.45, 2.75) is 13.8 Å². The third kappa shape index (κ3) is 3.84. The van der Waals surface area contributed by atoms with E-state index in [2.05, 4.69) is 10.4 Å². The summed E-state index contributed by atoms with van der Waals surface area (Å²) >= 11 is 0. The number of carbonyl (C=O) groups excluding carboxylic acids is 1. The summed E-state index contributed by atoms with van der Waals surface area (Å²) in [5.74, 6) is -0.768. The molecule has 0 unspecified atom stereocenters. The number of para-hydroxylation sites is 2. The number of nitrogens with zero attached hydrogens (tertiary/aromatic N) is 3. The normalized spacial score (nSPS) is 10.4. The molecule has 3 aromatic rings. The zero-order valence-corrected chi connectivity index (χ0v) is 16.0. The standard InChI is InChI=1S/C20H18N4O5/c1-12-7-4-5-9-14(12)23-17(25)11-16(29-3)19(22-23)20(26)21-18-13(2)8-6-10-15(18)24(27)28/h4-11H,1-3H3,(H,21,26). The molecular formula is C20H18N4O5. The van der Waals surface area contributed by atoms with Crippen LogP contribution in [0.25, 0.3) is 5.69 Å². The van der Waals surface area contributed by atoms with E-state index in [1.807, 2.05) is 19.1 Å². The number of methoxy groups -OCH3 is 1. The molecule has 0 aliphatic carbocycles. The molecule has 9 nitrogen and oxygen atoms in total. The van der Waals surface area contributed by atoms with E-state index in [-0.39, 0.29) is 22.8 Å². The second-order valence-corrected chi connectivity index (χ2v) is 6.28. The number of benzene rings is 2. The Morgan fingerprint density at radius 3 is 2.48 bits per heavy atom. The molecule has 148 valence electrons. The first-order valence-corrected chi connectivity index (χ1v) is 8.63. The number of hydrogen-bond acceptors (Lipinski definition) is 6. The minimum atomic E-state index is -0.735. The Hall–Kier alpha value is -4.01. The molecule has 0 bridgehead atoms. The summed E-state index contributed by atoms with van der Waals surface area (Å²) < 4.78 is 6.24. The number of amides is 1. The molecule has 0 fully saturated rings. The molecule has 3 rings (SSSR count). The lowest BCUT2D eigenvalue weighted by Crippen LogP contribution is -2.27. The van der Waals surface area contributed by atoms with Gasteiger partial charge < -0.3 is 10.1 Å². The first-order valence-electron chi connectivity index (χ1n) is 8.63. The lowest BCUT2D eigenvalue weighted by atomic mass is 10.1. The van der Waals surface area contributed by atoms with Crippen LogP contribution in [0.15, 0.2) is 53.3 Å². The van der Waals surface area contributed by atoms with Gasteiger partial charge in [-0.3, -0.25) is 19.7 Å². The first-order chi connectivity index (χ1) is 13.8. The smallest absolute Gasteiger partial charge is 0.293 e. The zero-order valence-electron chi connectivity index (χ0n) is 16.0. The molecule has 1 amide bonds. The fourth-order valence-electron chi connectivity index (χ4n) is 2.87. The van der Waals surface area contributed by atoms with Crippen molar-refractivity contribution in [1.82, 2.24) is 9.78 Å². The van der Waals surface area contributed by atoms with Crippen LogP contribution < -0.4 is 15.6 Å². The van der Waals surface area contributed by atoms with Gasteiger partial charge in [-0.1, -0.05) is 30.3 Å². The summed E-state index contributed by atoms with van der Waals surface area (Å²) in [6, 6.07) is 12.7. The van der Waals surface area contributed by atoms with Crippen LogP contribution in [0.4, 0.5) is 11.4 Å². The van der Waals surface area contributed by atoms with Gasteiger partial charge in [0.15, 0.2) is 11.4 Å². The van der Waals surface area contributed by atoms with Crippen molar-refractivity contribution in [2.75, 3.05) is 12.4 Å². The van der Waals surface area contributed by atoms with Crippen molar-refractivity contribution in [3.63, 3.8) is 0 Å². The minimum absolute atomic E-state index is 0.0337. The maximum absolute atomic E-state index is 12.9. The number of anilines is 1. The van der Waals surface area contributed by atoms with E-state index >= 15 is 0 Å². The molecular weight excluding hydrogens is 376 g/mol. The molecule has 1 aromatic heterocycles. The van der Waals surface area contributed by atoms with Crippen LogP contribution in [-0.2, 0) is 0 Å². The molecule has 0 spiro atoms. The molecule has 29 heavy (non-hydrogen) atoms. The second kappa shape index (κ2) is 7.93. The number of hydrogen-bond donors (Lipinski definition) is 1. The molecule has 0 aliphatic heterocycles. The SMILES string of the molecule is COc1cc(=O)n(-c2ccccc2C)nc1C(=O)Nc1c(C)cccc1[N+](=O)[O-]. The Balaban J connectivity index is 2.11. The Morgan fingerprint density at radius 2 is 1.83 bits per heavy atom. The molecule has 0 atom stereocenters. The van der Waals surface area contributed by atoms with E-state index < -0.39 is 16.4 Å². The van der Waals surface area contributed by atoms with Gasteiger partial charge in [0.25, 0.3) is 17.2 Å². The predicted octanol–water partition coefficient (Wildman–Crippen LogP) is 3.02. The number of carbonyl (C=O) groups is 1. The largest absolute Gasteiger partial charge is 0.494 e. The third-order valence-corrected chi connectivity index (χ3v) is 4.36. The number of nitro groups is 1. The van der Waals surface area contributed by atoms with Crippen LogP contribution >= 0.6 is 0 Å². The van der Waals surface area contributed by atoms with Gasteiger partial charge >= 0.3 is 0 Å². The Kier molecular flexibility index (Phi) is 5.40. The molecule has 1 N–H and O–H groups in total. The minimum Gasteiger partial charge on any atom is -0.494 e. The van der Waals surface area contributed by atoms with Crippen molar-refractivity contribution >= 4 is 17.3 Å². The van der Waals surface area contributed by atoms with Crippen molar-refractivity contribution in [1.29, 1.82) is 0 Å². The van der Waals surface area contributed by atoms with Gasteiger partial charge in [-0.2, -0.15) is 9.78 Å². The summed E-state index contributed by atoms with van der Waals surface area (Å²) in [6.07, 6.45) is 0. The van der Waals surface area contributed by atoms with E-state index in [4.69, 9.17) is 4.74 Å². The van der Waals surface area contributed by atoms with Crippen molar-refractivity contribution < 1.29 is 14.5 Å². The monoisotopic (exact) mass is 394 g/mol. The highest BCUT2D eigenvalue weighted by molar-refractivity contribution is 6.06. The first kappa shape index (κ1) is 19.7. The molecule has 0 aliphatic rings. The van der Waals surface area contributed by atoms with Gasteiger partial charge in [0.05, 0.1) is 23.8 Å². The maximum atomic E-state index is 12.9. The van der Waals surface area contributed by atoms with Gasteiger partial charge in [0, 0.05) is 6.07 Å². The van der Waals surface area contributed by atoms with Crippen molar-refractivity contribution in [2.24, 2.45) is 0 Å². The summed E-state index contributed by atoms with van der Waals surface area (Å²) in [5, 5.41) is 18.0. The molecule has 9 heteroatoms. The quantitative estimate of drug-likeness (QED) is 0.525. The van der Waals surface area contributed by atoms with Crippen molar-refractivity contribution in [3.05, 3.63) is 85.8 Å². The van der Waals surface area contributed by atoms with Gasteiger partial charge in [-0.25, -0.2) is 0 Å². The van der Waals surface area contributed by atoms with E-state index in [1.54, 1.807) is 25.1 Å². The summed E-state index contributed by atoms with van der Waals surface area (Å²) in [7, 11) is 1.31. The average Bonchev–Trinajstić information content (AvgIpc) is 2.69. The highest BCUT2D eigenvalue weighted by atomic mass is 16.6. The topological polar surface area (TPSA) is 116 Å². The Morgan fingerprint density at radius 1 is 1.14 bits per heavy atom. The van der Waals surface area contributed by atoms with Crippen LogP contribution in [-0.4, -0.2) is 27.7 Å². The highest BCUT2D eigenvalue weighted by Gasteiger charge is 2.23. The summed E-state index contributed by atoms with van der Waals surface area (Å²) in [6.45, 7) is 3.45. The van der Waals surface area contributed by atoms with E-state index in [1.165, 1.54) is 19.2 Å². The van der Waals surface area contributed by atoms with Crippen LogP contribution in [0.2, 0.25) is 0 Å². The Bertz CT molecular complexity index is 1170. The number of nitrogens with one attached hydrogen (secondary N) is 1. The number of aromatic nitrogens is 2. The fourth-order valence-corrected chi connectivity index (χ4v) is 2.87. The van der Waals surface area contributed by atoms with E-state index in [0.29, 0.717) is 11.3 Å². The maximum Gasteiger partial charge on any atom is 0.293 e. The summed E-state index contributed by atoms with van der Waals surface area (Å²) in [5.41, 5.74) is 0.968. The Labute approximate surface area is 165 Å². The van der Waals surface area contributed by atoms with E-state index in [9.17, 15) is 19.7 Å². The molecule has 0 saturated heterocycles. The van der Waals surface area contributed by atoms with Crippen LogP contribution in [0.5, 0.6) is 5.75 Å². The fraction of sp³-hybridized carbons (Fsp3) is 0.150. The molecule has 2 aromatic carbocycles. The molecule has 0 saturated carbocycles. The van der Waals surface area contributed by atoms with Crippen LogP contribution in [0.3, 0.4) is 0 Å². The van der Waals surface area contributed by atoms with Crippen molar-refractivity contribution in [3.8, 4) is 11.4 Å². The number of rotatable bonds is 5. The van der Waals surface area contributed by atoms with Gasteiger partial charge in [-0.15, -0.1) is 0 Å². The number of ether oxygens (including phenoxy) is 1. The zero-order chi connectivity index (χ0) is 21.1. The van der Waals surface area contributed by atoms with Crippen LogP contribution in [0.1, 0.15) is 21.6 Å². The van der Waals surface area contributed by atoms with Gasteiger partial charge in [0.1, 0.15) is 5.69 Å². The predicted molar refractivity (Wildman–Crippen MR) is 107 cm³/mol. The third-order valence-electron chi connectivity index (χ3n) is 4.36. The van der Waals surface area contributed by atoms with Crippen LogP contribution in [0, 0.1) is 24.0 Å². The summed E-state index contributed by atoms with van der Waals surface area (Å²) in [4.78, 5) is 36.1. The lowest BCUT2D eigenvalue weighted by Gasteiger charge is -2.13. The van der Waals surface area contributed by atoms with Gasteiger partial charge in [-0.05, 0) is 31.0 Å². The molecule has 1 heterocycles. The highest BCUT2D eigenvalue weighted by Crippen LogP contribution is 2.28. The second-order valence-electron chi connectivity index (χ2n) is 6.28. The molecule has 0 radical (unpaired) electrons. The number of nitro benzene ring substituents is 1. The van der Waals surface area contributed by atoms with Gasteiger partial charge in [0.2, 0.25) is 0 Å². The van der Waals surface area contributed by atoms with E-state index in [0.717, 1.165) is 16.3 Å². The number of aryl methyl sites for hydroxylation is 2.